The van der Waals surface area contributed by atoms with Crippen LogP contribution in [0.2, 0.25) is 0 Å². The van der Waals surface area contributed by atoms with Crippen molar-refractivity contribution in [1.29, 1.82) is 0 Å². The van der Waals surface area contributed by atoms with E-state index in [4.69, 9.17) is 0 Å². The van der Waals surface area contributed by atoms with Crippen molar-refractivity contribution in [3.8, 4) is 0 Å². The molecule has 0 saturated carbocycles. The summed E-state index contributed by atoms with van der Waals surface area (Å²) in [6.45, 7) is 7.27. The lowest BCUT2D eigenvalue weighted by Crippen LogP contribution is -2.24. The van der Waals surface area contributed by atoms with Crippen molar-refractivity contribution in [2.24, 2.45) is 0 Å². The van der Waals surface area contributed by atoms with Gasteiger partial charge in [-0.15, -0.1) is 0 Å². The molecular formula is C16H21N3. The van der Waals surface area contributed by atoms with Crippen LogP contribution in [0.4, 0.5) is 0 Å². The minimum absolute atomic E-state index is 0.944. The molecule has 2 heterocycles. The molecule has 3 heteroatoms. The van der Waals surface area contributed by atoms with Gasteiger partial charge in [-0.2, -0.15) is 5.10 Å². The number of hydrogen-bond acceptors (Lipinski definition) is 2. The second kappa shape index (κ2) is 5.17. The molecule has 1 N–H and O–H groups in total. The fourth-order valence-electron chi connectivity index (χ4n) is 2.99. The molecule has 0 amide bonds. The summed E-state index contributed by atoms with van der Waals surface area (Å²) in [5.74, 6) is 0. The number of aryl methyl sites for hydroxylation is 2. The van der Waals surface area contributed by atoms with Crippen LogP contribution >= 0.6 is 0 Å². The van der Waals surface area contributed by atoms with E-state index in [-0.39, 0.29) is 0 Å². The summed E-state index contributed by atoms with van der Waals surface area (Å²) in [5, 5.41) is 7.98. The predicted octanol–water partition coefficient (Wildman–Crippen LogP) is 2.45. The zero-order chi connectivity index (χ0) is 13.2. The first-order valence-corrected chi connectivity index (χ1v) is 7.11. The molecule has 0 atom stereocenters. The van der Waals surface area contributed by atoms with Gasteiger partial charge >= 0.3 is 0 Å². The SMILES string of the molecule is CCn1nc(C)cc1Cc1cccc2c1CCNC2. The Morgan fingerprint density at radius 2 is 2.26 bits per heavy atom. The van der Waals surface area contributed by atoms with E-state index in [9.17, 15) is 0 Å². The average Bonchev–Trinajstić information content (AvgIpc) is 2.79. The van der Waals surface area contributed by atoms with Gasteiger partial charge in [-0.1, -0.05) is 18.2 Å². The van der Waals surface area contributed by atoms with E-state index in [2.05, 4.69) is 53.2 Å². The standard InChI is InChI=1S/C16H21N3/c1-3-19-15(9-12(2)18-19)10-13-5-4-6-14-11-17-8-7-16(13)14/h4-6,9,17H,3,7-8,10-11H2,1-2H3. The number of fused-ring (bicyclic) bond motifs is 1. The Morgan fingerprint density at radius 3 is 3.11 bits per heavy atom. The molecule has 0 aliphatic carbocycles. The van der Waals surface area contributed by atoms with Crippen molar-refractivity contribution < 1.29 is 0 Å². The molecule has 3 rings (SSSR count). The molecule has 2 aromatic rings. The molecular weight excluding hydrogens is 234 g/mol. The normalized spacial score (nSPS) is 14.4. The average molecular weight is 255 g/mol. The molecule has 0 saturated heterocycles. The Balaban J connectivity index is 1.94. The van der Waals surface area contributed by atoms with E-state index >= 15 is 0 Å². The van der Waals surface area contributed by atoms with E-state index < -0.39 is 0 Å². The zero-order valence-electron chi connectivity index (χ0n) is 11.7. The molecule has 0 fully saturated rings. The minimum atomic E-state index is 0.944. The fraction of sp³-hybridized carbons (Fsp3) is 0.438. The first kappa shape index (κ1) is 12.4. The first-order chi connectivity index (χ1) is 9.28. The molecule has 1 aromatic heterocycles. The number of nitrogens with zero attached hydrogens (tertiary/aromatic N) is 2. The third kappa shape index (κ3) is 2.43. The summed E-state index contributed by atoms with van der Waals surface area (Å²) in [6, 6.07) is 8.91. The molecule has 19 heavy (non-hydrogen) atoms. The predicted molar refractivity (Wildman–Crippen MR) is 77.3 cm³/mol. The Bertz CT molecular complexity index is 584. The van der Waals surface area contributed by atoms with E-state index in [0.29, 0.717) is 0 Å². The van der Waals surface area contributed by atoms with Gasteiger partial charge in [0.1, 0.15) is 0 Å². The van der Waals surface area contributed by atoms with Gasteiger partial charge in [0.05, 0.1) is 5.69 Å². The highest BCUT2D eigenvalue weighted by atomic mass is 15.3. The molecule has 0 unspecified atom stereocenters. The lowest BCUT2D eigenvalue weighted by atomic mass is 9.93. The second-order valence-electron chi connectivity index (χ2n) is 5.25. The van der Waals surface area contributed by atoms with Gasteiger partial charge in [-0.3, -0.25) is 4.68 Å². The topological polar surface area (TPSA) is 29.9 Å². The van der Waals surface area contributed by atoms with Gasteiger partial charge < -0.3 is 5.32 Å². The van der Waals surface area contributed by atoms with Crippen LogP contribution < -0.4 is 5.32 Å². The van der Waals surface area contributed by atoms with Crippen LogP contribution in [-0.4, -0.2) is 16.3 Å². The summed E-state index contributed by atoms with van der Waals surface area (Å²) in [4.78, 5) is 0. The van der Waals surface area contributed by atoms with Crippen LogP contribution in [0, 0.1) is 6.92 Å². The number of aromatic nitrogens is 2. The Hall–Kier alpha value is -1.61. The van der Waals surface area contributed by atoms with Crippen LogP contribution in [-0.2, 0) is 25.9 Å². The van der Waals surface area contributed by atoms with Gasteiger partial charge in [0.25, 0.3) is 0 Å². The van der Waals surface area contributed by atoms with E-state index in [1.54, 1.807) is 5.56 Å². The summed E-state index contributed by atoms with van der Waals surface area (Å²) < 4.78 is 2.12. The summed E-state index contributed by atoms with van der Waals surface area (Å²) in [7, 11) is 0. The van der Waals surface area contributed by atoms with Crippen LogP contribution in [0.25, 0.3) is 0 Å². The summed E-state index contributed by atoms with van der Waals surface area (Å²) >= 11 is 0. The van der Waals surface area contributed by atoms with Crippen LogP contribution in [0.5, 0.6) is 0 Å². The minimum Gasteiger partial charge on any atom is -0.312 e. The molecule has 100 valence electrons. The van der Waals surface area contributed by atoms with E-state index in [1.807, 2.05) is 0 Å². The number of hydrogen-bond donors (Lipinski definition) is 1. The summed E-state index contributed by atoms with van der Waals surface area (Å²) in [6.07, 6.45) is 2.14. The van der Waals surface area contributed by atoms with Gasteiger partial charge in [-0.25, -0.2) is 0 Å². The molecule has 0 radical (unpaired) electrons. The van der Waals surface area contributed by atoms with E-state index in [1.165, 1.54) is 16.8 Å². The first-order valence-electron chi connectivity index (χ1n) is 7.11. The number of benzene rings is 1. The zero-order valence-corrected chi connectivity index (χ0v) is 11.7. The lowest BCUT2D eigenvalue weighted by molar-refractivity contribution is 0.618. The molecule has 1 aliphatic rings. The molecule has 3 nitrogen and oxygen atoms in total. The van der Waals surface area contributed by atoms with Gasteiger partial charge in [0, 0.05) is 25.2 Å². The molecule has 0 bridgehead atoms. The largest absolute Gasteiger partial charge is 0.312 e. The highest BCUT2D eigenvalue weighted by Crippen LogP contribution is 2.21. The smallest absolute Gasteiger partial charge is 0.0596 e. The van der Waals surface area contributed by atoms with Crippen LogP contribution in [0.15, 0.2) is 24.3 Å². The molecule has 1 aliphatic heterocycles. The quantitative estimate of drug-likeness (QED) is 0.913. The van der Waals surface area contributed by atoms with E-state index in [0.717, 1.165) is 38.2 Å². The maximum atomic E-state index is 4.54. The van der Waals surface area contributed by atoms with Crippen molar-refractivity contribution >= 4 is 0 Å². The van der Waals surface area contributed by atoms with Crippen LogP contribution in [0.3, 0.4) is 0 Å². The number of rotatable bonds is 3. The van der Waals surface area contributed by atoms with Gasteiger partial charge in [-0.05, 0) is 49.6 Å². The highest BCUT2D eigenvalue weighted by Gasteiger charge is 2.14. The second-order valence-corrected chi connectivity index (χ2v) is 5.25. The number of nitrogens with one attached hydrogen (secondary N) is 1. The maximum absolute atomic E-state index is 4.54. The highest BCUT2D eigenvalue weighted by molar-refractivity contribution is 5.39. The Kier molecular flexibility index (Phi) is 3.38. The van der Waals surface area contributed by atoms with Gasteiger partial charge in [0.2, 0.25) is 0 Å². The van der Waals surface area contributed by atoms with Crippen molar-refractivity contribution in [2.75, 3.05) is 6.54 Å². The van der Waals surface area contributed by atoms with Crippen molar-refractivity contribution in [3.63, 3.8) is 0 Å². The monoisotopic (exact) mass is 255 g/mol. The fourth-order valence-corrected chi connectivity index (χ4v) is 2.99. The molecule has 0 spiro atoms. The van der Waals surface area contributed by atoms with Gasteiger partial charge in [0.15, 0.2) is 0 Å². The van der Waals surface area contributed by atoms with Crippen molar-refractivity contribution in [2.45, 2.75) is 39.8 Å². The third-order valence-corrected chi connectivity index (χ3v) is 3.89. The Labute approximate surface area is 114 Å². The van der Waals surface area contributed by atoms with Crippen molar-refractivity contribution in [1.82, 2.24) is 15.1 Å². The third-order valence-electron chi connectivity index (χ3n) is 3.89. The Morgan fingerprint density at radius 1 is 1.37 bits per heavy atom. The lowest BCUT2D eigenvalue weighted by Gasteiger charge is -2.20. The molecule has 1 aromatic carbocycles. The van der Waals surface area contributed by atoms with Crippen molar-refractivity contribution in [3.05, 3.63) is 52.3 Å². The maximum Gasteiger partial charge on any atom is 0.0596 e. The van der Waals surface area contributed by atoms with Crippen LogP contribution in [0.1, 0.15) is 35.0 Å². The summed E-state index contributed by atoms with van der Waals surface area (Å²) in [5.41, 5.74) is 6.91.